The van der Waals surface area contributed by atoms with Gasteiger partial charge in [-0.15, -0.1) is 0 Å². The zero-order chi connectivity index (χ0) is 15.6. The van der Waals surface area contributed by atoms with E-state index in [4.69, 9.17) is 4.74 Å². The Kier molecular flexibility index (Phi) is 5.13. The van der Waals surface area contributed by atoms with Crippen molar-refractivity contribution in [1.82, 2.24) is 0 Å². The minimum absolute atomic E-state index is 0.252. The van der Waals surface area contributed by atoms with Gasteiger partial charge >= 0.3 is 12.1 Å². The molecular formula is C14H17F5O. The van der Waals surface area contributed by atoms with E-state index in [1.165, 1.54) is 12.1 Å². The summed E-state index contributed by atoms with van der Waals surface area (Å²) in [5, 5.41) is 0. The van der Waals surface area contributed by atoms with Crippen molar-refractivity contribution in [2.45, 2.75) is 44.4 Å². The summed E-state index contributed by atoms with van der Waals surface area (Å²) in [5.74, 6) is -4.52. The Morgan fingerprint density at radius 2 is 1.40 bits per heavy atom. The molecule has 0 aliphatic rings. The van der Waals surface area contributed by atoms with Gasteiger partial charge < -0.3 is 4.74 Å². The Balaban J connectivity index is 2.91. The van der Waals surface area contributed by atoms with Crippen LogP contribution in [0, 0.1) is 0 Å². The Morgan fingerprint density at radius 1 is 0.950 bits per heavy atom. The summed E-state index contributed by atoms with van der Waals surface area (Å²) in [6.07, 6.45) is -8.29. The van der Waals surface area contributed by atoms with E-state index in [0.29, 0.717) is 5.56 Å². The first-order valence-electron chi connectivity index (χ1n) is 6.15. The maximum absolute atomic E-state index is 13.1. The monoisotopic (exact) mass is 296 g/mol. The summed E-state index contributed by atoms with van der Waals surface area (Å²) in [6, 6.07) is 6.46. The molecule has 1 aromatic rings. The minimum atomic E-state index is -5.57. The van der Waals surface area contributed by atoms with Gasteiger partial charge in [-0.25, -0.2) is 0 Å². The Morgan fingerprint density at radius 3 is 1.75 bits per heavy atom. The quantitative estimate of drug-likeness (QED) is 0.688. The van der Waals surface area contributed by atoms with Crippen molar-refractivity contribution in [3.63, 3.8) is 0 Å². The molecule has 0 N–H and O–H groups in total. The molecule has 0 radical (unpaired) electrons. The Bertz CT molecular complexity index is 422. The first-order chi connectivity index (χ1) is 9.08. The highest BCUT2D eigenvalue weighted by Gasteiger charge is 2.58. The van der Waals surface area contributed by atoms with Gasteiger partial charge in [-0.3, -0.25) is 0 Å². The number of ether oxygens (including phenoxy) is 1. The van der Waals surface area contributed by atoms with Crippen LogP contribution in [0.15, 0.2) is 24.3 Å². The van der Waals surface area contributed by atoms with Gasteiger partial charge in [-0.1, -0.05) is 38.1 Å². The first kappa shape index (κ1) is 16.9. The molecule has 1 nitrogen and oxygen atoms in total. The third-order valence-electron chi connectivity index (χ3n) is 3.12. The molecule has 0 heterocycles. The highest BCUT2D eigenvalue weighted by molar-refractivity contribution is 5.26. The van der Waals surface area contributed by atoms with Crippen LogP contribution >= 0.6 is 0 Å². The van der Waals surface area contributed by atoms with Crippen LogP contribution in [0.1, 0.15) is 43.4 Å². The van der Waals surface area contributed by atoms with Gasteiger partial charge in [0.1, 0.15) is 0 Å². The molecule has 0 aliphatic heterocycles. The molecule has 0 spiro atoms. The highest BCUT2D eigenvalue weighted by atomic mass is 19.4. The molecule has 6 heteroatoms. The first-order valence-corrected chi connectivity index (χ1v) is 6.15. The van der Waals surface area contributed by atoms with Crippen molar-refractivity contribution in [1.29, 1.82) is 0 Å². The van der Waals surface area contributed by atoms with E-state index in [1.54, 1.807) is 12.1 Å². The smallest absolute Gasteiger partial charge is 0.377 e. The predicted molar refractivity (Wildman–Crippen MR) is 65.9 cm³/mol. The highest BCUT2D eigenvalue weighted by Crippen LogP contribution is 2.42. The zero-order valence-corrected chi connectivity index (χ0v) is 11.5. The van der Waals surface area contributed by atoms with Crippen LogP contribution in [0.4, 0.5) is 22.0 Å². The molecule has 0 fully saturated rings. The normalized spacial score (nSPS) is 14.7. The van der Waals surface area contributed by atoms with Crippen LogP contribution in [0.3, 0.4) is 0 Å². The number of alkyl halides is 5. The maximum Gasteiger partial charge on any atom is 0.453 e. The zero-order valence-electron chi connectivity index (χ0n) is 11.5. The number of benzene rings is 1. The van der Waals surface area contributed by atoms with E-state index in [9.17, 15) is 22.0 Å². The SMILES string of the molecule is COC(CC(F)(F)C(F)(F)F)c1ccc(C(C)C)cc1. The topological polar surface area (TPSA) is 9.23 Å². The lowest BCUT2D eigenvalue weighted by atomic mass is 9.97. The molecule has 0 aliphatic carbocycles. The second-order valence-corrected chi connectivity index (χ2v) is 4.95. The van der Waals surface area contributed by atoms with Crippen LogP contribution in [-0.2, 0) is 4.74 Å². The largest absolute Gasteiger partial charge is 0.453 e. The van der Waals surface area contributed by atoms with E-state index in [2.05, 4.69) is 0 Å². The van der Waals surface area contributed by atoms with Crippen LogP contribution in [0.5, 0.6) is 0 Å². The molecule has 20 heavy (non-hydrogen) atoms. The van der Waals surface area contributed by atoms with Crippen molar-refractivity contribution >= 4 is 0 Å². The molecule has 0 saturated carbocycles. The lowest BCUT2D eigenvalue weighted by Gasteiger charge is -2.24. The number of methoxy groups -OCH3 is 1. The molecule has 0 bridgehead atoms. The van der Waals surface area contributed by atoms with Gasteiger partial charge in [-0.2, -0.15) is 22.0 Å². The summed E-state index contributed by atoms with van der Waals surface area (Å²) >= 11 is 0. The second-order valence-electron chi connectivity index (χ2n) is 4.95. The summed E-state index contributed by atoms with van der Waals surface area (Å²) in [6.45, 7) is 3.92. The lowest BCUT2D eigenvalue weighted by molar-refractivity contribution is -0.291. The van der Waals surface area contributed by atoms with E-state index in [1.807, 2.05) is 13.8 Å². The summed E-state index contributed by atoms with van der Waals surface area (Å²) in [4.78, 5) is 0. The molecule has 0 saturated heterocycles. The third kappa shape index (κ3) is 3.91. The Labute approximate surface area is 114 Å². The lowest BCUT2D eigenvalue weighted by Crippen LogP contribution is -2.38. The molecular weight excluding hydrogens is 279 g/mol. The molecule has 114 valence electrons. The molecule has 0 amide bonds. The van der Waals surface area contributed by atoms with Crippen LogP contribution in [-0.4, -0.2) is 19.2 Å². The van der Waals surface area contributed by atoms with E-state index in [-0.39, 0.29) is 5.92 Å². The maximum atomic E-state index is 13.1. The van der Waals surface area contributed by atoms with Crippen LogP contribution in [0.2, 0.25) is 0 Å². The van der Waals surface area contributed by atoms with E-state index >= 15 is 0 Å². The summed E-state index contributed by atoms with van der Waals surface area (Å²) in [7, 11) is 1.12. The molecule has 0 aromatic heterocycles. The van der Waals surface area contributed by atoms with E-state index < -0.39 is 24.6 Å². The van der Waals surface area contributed by atoms with Crippen molar-refractivity contribution < 1.29 is 26.7 Å². The average molecular weight is 296 g/mol. The fourth-order valence-corrected chi connectivity index (χ4v) is 1.78. The summed E-state index contributed by atoms with van der Waals surface area (Å²) in [5.41, 5.74) is 1.28. The van der Waals surface area contributed by atoms with Gasteiger partial charge in [-0.05, 0) is 17.0 Å². The van der Waals surface area contributed by atoms with Gasteiger partial charge in [0.15, 0.2) is 0 Å². The predicted octanol–water partition coefficient (Wildman–Crippen LogP) is 5.09. The standard InChI is InChI=1S/C14H17F5O/c1-9(2)10-4-6-11(7-5-10)12(20-3)8-13(15,16)14(17,18)19/h4-7,9,12H,8H2,1-3H3. The molecule has 1 atom stereocenters. The van der Waals surface area contributed by atoms with E-state index in [0.717, 1.165) is 12.7 Å². The molecule has 1 aromatic carbocycles. The van der Waals surface area contributed by atoms with Crippen LogP contribution in [0.25, 0.3) is 0 Å². The average Bonchev–Trinajstić information content (AvgIpc) is 2.34. The van der Waals surface area contributed by atoms with Gasteiger partial charge in [0, 0.05) is 7.11 Å². The fourth-order valence-electron chi connectivity index (χ4n) is 1.78. The number of hydrogen-bond acceptors (Lipinski definition) is 1. The van der Waals surface area contributed by atoms with Gasteiger partial charge in [0.2, 0.25) is 0 Å². The van der Waals surface area contributed by atoms with Crippen molar-refractivity contribution in [3.05, 3.63) is 35.4 Å². The summed E-state index contributed by atoms with van der Waals surface area (Å²) < 4.78 is 67.5. The van der Waals surface area contributed by atoms with Gasteiger partial charge in [0.25, 0.3) is 0 Å². The second kappa shape index (κ2) is 6.08. The third-order valence-corrected chi connectivity index (χ3v) is 3.12. The van der Waals surface area contributed by atoms with Crippen molar-refractivity contribution in [3.8, 4) is 0 Å². The number of rotatable bonds is 5. The molecule has 1 rings (SSSR count). The van der Waals surface area contributed by atoms with Crippen molar-refractivity contribution in [2.75, 3.05) is 7.11 Å². The minimum Gasteiger partial charge on any atom is -0.377 e. The van der Waals surface area contributed by atoms with Crippen molar-refractivity contribution in [2.24, 2.45) is 0 Å². The Hall–Kier alpha value is -1.17. The number of halogens is 5. The number of hydrogen-bond donors (Lipinski definition) is 0. The van der Waals surface area contributed by atoms with Crippen LogP contribution < -0.4 is 0 Å². The molecule has 1 unspecified atom stereocenters. The van der Waals surface area contributed by atoms with Gasteiger partial charge in [0.05, 0.1) is 12.5 Å². The fraction of sp³-hybridized carbons (Fsp3) is 0.571.